The predicted octanol–water partition coefficient (Wildman–Crippen LogP) is 4.33. The Morgan fingerprint density at radius 2 is 0.750 bits per heavy atom. The van der Waals surface area contributed by atoms with E-state index in [1.807, 2.05) is 0 Å². The van der Waals surface area contributed by atoms with Crippen molar-refractivity contribution in [3.05, 3.63) is 96.1 Å². The molecule has 0 N–H and O–H groups in total. The molecule has 0 spiro atoms. The second-order valence-electron chi connectivity index (χ2n) is 9.01. The van der Waals surface area contributed by atoms with Gasteiger partial charge in [0.25, 0.3) is 0 Å². The molecule has 0 bridgehead atoms. The minimum absolute atomic E-state index is 1.05. The molecular formula is C28H34N4. The smallest absolute Gasteiger partial charge is 0.0367 e. The topological polar surface area (TPSA) is 13.0 Å². The number of rotatable bonds is 6. The molecule has 0 amide bonds. The lowest BCUT2D eigenvalue weighted by atomic mass is 10.1. The van der Waals surface area contributed by atoms with Crippen molar-refractivity contribution < 1.29 is 0 Å². The fraction of sp³-hybridized carbons (Fsp3) is 0.357. The van der Waals surface area contributed by atoms with Crippen molar-refractivity contribution in [2.24, 2.45) is 0 Å². The summed E-state index contributed by atoms with van der Waals surface area (Å²) in [7, 11) is 0. The van der Waals surface area contributed by atoms with E-state index < -0.39 is 0 Å². The maximum atomic E-state index is 2.58. The van der Waals surface area contributed by atoms with Crippen LogP contribution in [-0.2, 0) is 13.1 Å². The molecular weight excluding hydrogens is 392 g/mol. The van der Waals surface area contributed by atoms with E-state index in [4.69, 9.17) is 0 Å². The van der Waals surface area contributed by atoms with E-state index in [1.54, 1.807) is 0 Å². The minimum atomic E-state index is 1.05. The van der Waals surface area contributed by atoms with Gasteiger partial charge < -0.3 is 9.80 Å². The van der Waals surface area contributed by atoms with Gasteiger partial charge in [-0.05, 0) is 35.4 Å². The van der Waals surface area contributed by atoms with E-state index in [1.165, 1.54) is 22.5 Å². The van der Waals surface area contributed by atoms with Gasteiger partial charge in [-0.1, -0.05) is 60.7 Å². The Balaban J connectivity index is 1.07. The molecule has 0 saturated carbocycles. The van der Waals surface area contributed by atoms with Crippen LogP contribution in [0.3, 0.4) is 0 Å². The van der Waals surface area contributed by atoms with Crippen LogP contribution in [0.5, 0.6) is 0 Å². The van der Waals surface area contributed by atoms with E-state index >= 15 is 0 Å². The molecule has 32 heavy (non-hydrogen) atoms. The average molecular weight is 427 g/mol. The normalized spacial score (nSPS) is 18.1. The summed E-state index contributed by atoms with van der Waals surface area (Å²) >= 11 is 0. The van der Waals surface area contributed by atoms with Gasteiger partial charge in [-0.2, -0.15) is 0 Å². The van der Waals surface area contributed by atoms with Gasteiger partial charge in [0.1, 0.15) is 0 Å². The van der Waals surface area contributed by atoms with Gasteiger partial charge >= 0.3 is 0 Å². The van der Waals surface area contributed by atoms with Crippen molar-refractivity contribution in [1.82, 2.24) is 9.80 Å². The quantitative estimate of drug-likeness (QED) is 0.582. The molecule has 3 aromatic rings. The molecule has 4 nitrogen and oxygen atoms in total. The van der Waals surface area contributed by atoms with Gasteiger partial charge in [0.05, 0.1) is 0 Å². The third-order valence-corrected chi connectivity index (χ3v) is 6.82. The lowest BCUT2D eigenvalue weighted by molar-refractivity contribution is 0.248. The number of benzene rings is 3. The summed E-state index contributed by atoms with van der Waals surface area (Å²) in [5.41, 5.74) is 5.55. The highest BCUT2D eigenvalue weighted by molar-refractivity contribution is 5.47. The SMILES string of the molecule is c1ccc(N2CCN(Cc3ccc(CN4CCN(c5ccccc5)CC4)cc3)CC2)cc1. The summed E-state index contributed by atoms with van der Waals surface area (Å²) in [6.45, 7) is 11.1. The highest BCUT2D eigenvalue weighted by Gasteiger charge is 2.18. The molecule has 2 fully saturated rings. The van der Waals surface area contributed by atoms with Crippen molar-refractivity contribution in [2.45, 2.75) is 13.1 Å². The Kier molecular flexibility index (Phi) is 6.71. The zero-order valence-electron chi connectivity index (χ0n) is 18.9. The van der Waals surface area contributed by atoms with Gasteiger partial charge in [-0.3, -0.25) is 9.80 Å². The van der Waals surface area contributed by atoms with Gasteiger partial charge in [-0.25, -0.2) is 0 Å². The first kappa shape index (κ1) is 21.0. The fourth-order valence-electron chi connectivity index (χ4n) is 4.87. The lowest BCUT2D eigenvalue weighted by Crippen LogP contribution is -2.46. The highest BCUT2D eigenvalue weighted by Crippen LogP contribution is 2.19. The predicted molar refractivity (Wildman–Crippen MR) is 134 cm³/mol. The van der Waals surface area contributed by atoms with E-state index in [0.29, 0.717) is 0 Å². The Hall–Kier alpha value is -2.82. The second kappa shape index (κ2) is 10.2. The number of nitrogens with zero attached hydrogens (tertiary/aromatic N) is 4. The largest absolute Gasteiger partial charge is 0.369 e. The summed E-state index contributed by atoms with van der Waals surface area (Å²) in [5.74, 6) is 0. The van der Waals surface area contributed by atoms with Crippen LogP contribution < -0.4 is 9.80 Å². The molecule has 3 aromatic carbocycles. The van der Waals surface area contributed by atoms with Gasteiger partial charge in [-0.15, -0.1) is 0 Å². The van der Waals surface area contributed by atoms with Crippen LogP contribution in [0.25, 0.3) is 0 Å². The summed E-state index contributed by atoms with van der Waals surface area (Å²) in [4.78, 5) is 10.2. The first-order chi connectivity index (χ1) is 15.8. The second-order valence-corrected chi connectivity index (χ2v) is 9.01. The maximum Gasteiger partial charge on any atom is 0.0367 e. The van der Waals surface area contributed by atoms with Crippen molar-refractivity contribution in [1.29, 1.82) is 0 Å². The third kappa shape index (κ3) is 5.32. The summed E-state index contributed by atoms with van der Waals surface area (Å²) in [5, 5.41) is 0. The Morgan fingerprint density at radius 3 is 1.09 bits per heavy atom. The number of hydrogen-bond acceptors (Lipinski definition) is 4. The molecule has 0 aliphatic carbocycles. The number of piperazine rings is 2. The summed E-state index contributed by atoms with van der Waals surface area (Å²) < 4.78 is 0. The van der Waals surface area contributed by atoms with Crippen molar-refractivity contribution in [2.75, 3.05) is 62.2 Å². The summed E-state index contributed by atoms with van der Waals surface area (Å²) in [6, 6.07) is 30.9. The third-order valence-electron chi connectivity index (χ3n) is 6.82. The minimum Gasteiger partial charge on any atom is -0.369 e. The molecule has 0 unspecified atom stereocenters. The Morgan fingerprint density at radius 1 is 0.406 bits per heavy atom. The number of anilines is 2. The van der Waals surface area contributed by atoms with Crippen molar-refractivity contribution >= 4 is 11.4 Å². The molecule has 0 aromatic heterocycles. The van der Waals surface area contributed by atoms with Crippen LogP contribution in [0.4, 0.5) is 11.4 Å². The maximum absolute atomic E-state index is 2.58. The van der Waals surface area contributed by atoms with Crippen molar-refractivity contribution in [3.63, 3.8) is 0 Å². The van der Waals surface area contributed by atoms with E-state index in [0.717, 1.165) is 65.4 Å². The van der Waals surface area contributed by atoms with E-state index in [9.17, 15) is 0 Å². The molecule has 2 saturated heterocycles. The van der Waals surface area contributed by atoms with Crippen LogP contribution in [0.15, 0.2) is 84.9 Å². The van der Waals surface area contributed by atoms with Crippen LogP contribution in [-0.4, -0.2) is 62.2 Å². The number of hydrogen-bond donors (Lipinski definition) is 0. The van der Waals surface area contributed by atoms with Gasteiger partial charge in [0, 0.05) is 76.8 Å². The lowest BCUT2D eigenvalue weighted by Gasteiger charge is -2.36. The van der Waals surface area contributed by atoms with Crippen LogP contribution in [0.2, 0.25) is 0 Å². The number of para-hydroxylation sites is 2. The van der Waals surface area contributed by atoms with Gasteiger partial charge in [0.15, 0.2) is 0 Å². The molecule has 2 aliphatic rings. The highest BCUT2D eigenvalue weighted by atomic mass is 15.3. The Labute approximate surface area is 192 Å². The molecule has 166 valence electrons. The zero-order chi connectivity index (χ0) is 21.6. The molecule has 2 aliphatic heterocycles. The fourth-order valence-corrected chi connectivity index (χ4v) is 4.87. The Bertz CT molecular complexity index is 861. The van der Waals surface area contributed by atoms with Crippen LogP contribution in [0, 0.1) is 0 Å². The first-order valence-corrected chi connectivity index (χ1v) is 12.0. The molecule has 4 heteroatoms. The van der Waals surface area contributed by atoms with Crippen LogP contribution in [0.1, 0.15) is 11.1 Å². The monoisotopic (exact) mass is 426 g/mol. The first-order valence-electron chi connectivity index (χ1n) is 12.0. The van der Waals surface area contributed by atoms with E-state index in [2.05, 4.69) is 105 Å². The van der Waals surface area contributed by atoms with Crippen molar-refractivity contribution in [3.8, 4) is 0 Å². The molecule has 0 atom stereocenters. The zero-order valence-corrected chi connectivity index (χ0v) is 18.9. The van der Waals surface area contributed by atoms with Gasteiger partial charge in [0.2, 0.25) is 0 Å². The molecule has 5 rings (SSSR count). The standard InChI is InChI=1S/C28H34N4/c1-3-7-27(8-4-1)31-19-15-29(16-20-31)23-25-11-13-26(14-12-25)24-30-17-21-32(22-18-30)28-9-5-2-6-10-28/h1-14H,15-24H2. The summed E-state index contributed by atoms with van der Waals surface area (Å²) in [6.07, 6.45) is 0. The van der Waals surface area contributed by atoms with E-state index in [-0.39, 0.29) is 0 Å². The average Bonchev–Trinajstić information content (AvgIpc) is 2.87. The molecule has 0 radical (unpaired) electrons. The molecule has 2 heterocycles. The van der Waals surface area contributed by atoms with Crippen LogP contribution >= 0.6 is 0 Å².